The molecule has 0 aromatic carbocycles. The molecule has 0 aliphatic heterocycles. The minimum atomic E-state index is 0.386. The molecule has 0 unspecified atom stereocenters. The van der Waals surface area contributed by atoms with Crippen LogP contribution in [0.5, 0.6) is 0 Å². The van der Waals surface area contributed by atoms with Gasteiger partial charge in [0.25, 0.3) is 0 Å². The van der Waals surface area contributed by atoms with Crippen molar-refractivity contribution < 1.29 is 0 Å². The standard InChI is InChI=1S/C13H26S/c1-11(8-9-12(2,3)4)10-14-13(5,6)7/h8H,9-10H2,1-7H3/b11-8-. The average Bonchev–Trinajstić information content (AvgIpc) is 1.94. The summed E-state index contributed by atoms with van der Waals surface area (Å²) in [5.41, 5.74) is 1.94. The van der Waals surface area contributed by atoms with Gasteiger partial charge >= 0.3 is 0 Å². The van der Waals surface area contributed by atoms with Crippen LogP contribution >= 0.6 is 11.8 Å². The maximum Gasteiger partial charge on any atom is 0.0145 e. The number of rotatable bonds is 3. The quantitative estimate of drug-likeness (QED) is 0.602. The van der Waals surface area contributed by atoms with Crippen molar-refractivity contribution in [1.82, 2.24) is 0 Å². The molecule has 84 valence electrons. The Morgan fingerprint density at radius 2 is 1.57 bits per heavy atom. The molecule has 0 aromatic rings. The van der Waals surface area contributed by atoms with Crippen molar-refractivity contribution in [2.45, 2.75) is 59.6 Å². The first-order chi connectivity index (χ1) is 6.10. The van der Waals surface area contributed by atoms with Crippen LogP contribution < -0.4 is 0 Å². The molecule has 0 saturated heterocycles. The van der Waals surface area contributed by atoms with Gasteiger partial charge in [-0.1, -0.05) is 53.2 Å². The van der Waals surface area contributed by atoms with Crippen molar-refractivity contribution in [2.24, 2.45) is 5.41 Å². The summed E-state index contributed by atoms with van der Waals surface area (Å²) in [4.78, 5) is 0. The van der Waals surface area contributed by atoms with E-state index in [0.717, 1.165) is 0 Å². The summed E-state index contributed by atoms with van der Waals surface area (Å²) in [5.74, 6) is 1.17. The van der Waals surface area contributed by atoms with E-state index in [1.807, 2.05) is 11.8 Å². The third-order valence-electron chi connectivity index (χ3n) is 1.80. The summed E-state index contributed by atoms with van der Waals surface area (Å²) in [6.45, 7) is 15.9. The lowest BCUT2D eigenvalue weighted by Crippen LogP contribution is -2.09. The van der Waals surface area contributed by atoms with Crippen LogP contribution in [0.4, 0.5) is 0 Å². The van der Waals surface area contributed by atoms with Gasteiger partial charge in [0.15, 0.2) is 0 Å². The molecule has 0 radical (unpaired) electrons. The molecule has 0 N–H and O–H groups in total. The van der Waals surface area contributed by atoms with Crippen LogP contribution in [0.2, 0.25) is 0 Å². The van der Waals surface area contributed by atoms with Crippen molar-refractivity contribution in [3.8, 4) is 0 Å². The highest BCUT2D eigenvalue weighted by atomic mass is 32.2. The summed E-state index contributed by atoms with van der Waals surface area (Å²) in [6.07, 6.45) is 3.57. The Morgan fingerprint density at radius 3 is 1.93 bits per heavy atom. The second-order valence-corrected chi connectivity index (χ2v) is 8.02. The zero-order valence-electron chi connectivity index (χ0n) is 10.9. The predicted molar refractivity (Wildman–Crippen MR) is 70.0 cm³/mol. The van der Waals surface area contributed by atoms with Gasteiger partial charge in [0, 0.05) is 10.5 Å². The highest BCUT2D eigenvalue weighted by molar-refractivity contribution is 8.00. The SMILES string of the molecule is C/C(=C/CC(C)(C)C)CSC(C)(C)C. The second kappa shape index (κ2) is 5.25. The minimum absolute atomic E-state index is 0.386. The van der Waals surface area contributed by atoms with E-state index in [1.54, 1.807) is 0 Å². The largest absolute Gasteiger partial charge is 0.152 e. The number of allylic oxidation sites excluding steroid dienone is 1. The fraction of sp³-hybridized carbons (Fsp3) is 0.846. The van der Waals surface area contributed by atoms with Crippen LogP contribution in [0.15, 0.2) is 11.6 Å². The molecule has 0 rings (SSSR count). The molecule has 1 heteroatoms. The fourth-order valence-corrected chi connectivity index (χ4v) is 1.65. The Labute approximate surface area is 94.6 Å². The maximum absolute atomic E-state index is 2.39. The molecular weight excluding hydrogens is 188 g/mol. The molecule has 0 nitrogen and oxygen atoms in total. The third-order valence-corrected chi connectivity index (χ3v) is 3.26. The summed E-state index contributed by atoms with van der Waals surface area (Å²) < 4.78 is 0.386. The van der Waals surface area contributed by atoms with Crippen LogP contribution in [-0.2, 0) is 0 Å². The first-order valence-corrected chi connectivity index (χ1v) is 6.38. The van der Waals surface area contributed by atoms with Crippen molar-refractivity contribution in [1.29, 1.82) is 0 Å². The molecule has 0 atom stereocenters. The third kappa shape index (κ3) is 10.2. The minimum Gasteiger partial charge on any atom is -0.152 e. The van der Waals surface area contributed by atoms with Gasteiger partial charge < -0.3 is 0 Å². The Hall–Kier alpha value is 0.0900. The molecule has 0 aliphatic rings. The molecule has 0 aliphatic carbocycles. The lowest BCUT2D eigenvalue weighted by atomic mass is 9.91. The van der Waals surface area contributed by atoms with Crippen LogP contribution in [0.1, 0.15) is 54.9 Å². The smallest absolute Gasteiger partial charge is 0.0145 e. The number of hydrogen-bond donors (Lipinski definition) is 0. The summed E-state index contributed by atoms with van der Waals surface area (Å²) in [6, 6.07) is 0. The van der Waals surface area contributed by atoms with E-state index in [0.29, 0.717) is 10.2 Å². The van der Waals surface area contributed by atoms with E-state index < -0.39 is 0 Å². The van der Waals surface area contributed by atoms with E-state index in [1.165, 1.54) is 17.7 Å². The van der Waals surface area contributed by atoms with Crippen LogP contribution in [0.3, 0.4) is 0 Å². The van der Waals surface area contributed by atoms with Gasteiger partial charge in [-0.25, -0.2) is 0 Å². The number of thioether (sulfide) groups is 1. The fourth-order valence-electron chi connectivity index (χ4n) is 0.870. The molecule has 0 fully saturated rings. The van der Waals surface area contributed by atoms with Crippen molar-refractivity contribution >= 4 is 11.8 Å². The Balaban J connectivity index is 3.91. The lowest BCUT2D eigenvalue weighted by Gasteiger charge is -2.19. The van der Waals surface area contributed by atoms with E-state index in [2.05, 4.69) is 54.5 Å². The Bertz CT molecular complexity index is 188. The normalized spacial score (nSPS) is 14.6. The van der Waals surface area contributed by atoms with Crippen LogP contribution in [0.25, 0.3) is 0 Å². The zero-order chi connectivity index (χ0) is 11.4. The highest BCUT2D eigenvalue weighted by Crippen LogP contribution is 2.26. The summed E-state index contributed by atoms with van der Waals surface area (Å²) >= 11 is 2.02. The van der Waals surface area contributed by atoms with Crippen LogP contribution in [-0.4, -0.2) is 10.5 Å². The van der Waals surface area contributed by atoms with E-state index in [-0.39, 0.29) is 0 Å². The zero-order valence-corrected chi connectivity index (χ0v) is 11.7. The highest BCUT2D eigenvalue weighted by Gasteiger charge is 2.11. The molecular formula is C13H26S. The molecule has 0 spiro atoms. The van der Waals surface area contributed by atoms with Crippen LogP contribution in [0, 0.1) is 5.41 Å². The first kappa shape index (κ1) is 14.1. The molecule has 14 heavy (non-hydrogen) atoms. The van der Waals surface area contributed by atoms with E-state index in [4.69, 9.17) is 0 Å². The van der Waals surface area contributed by atoms with Crippen molar-refractivity contribution in [2.75, 3.05) is 5.75 Å². The first-order valence-electron chi connectivity index (χ1n) is 5.40. The molecule has 0 heterocycles. The van der Waals surface area contributed by atoms with Gasteiger partial charge in [0.1, 0.15) is 0 Å². The van der Waals surface area contributed by atoms with Gasteiger partial charge in [0.05, 0.1) is 0 Å². The van der Waals surface area contributed by atoms with Gasteiger partial charge in [-0.15, -0.1) is 0 Å². The summed E-state index contributed by atoms with van der Waals surface area (Å²) in [5, 5.41) is 0. The molecule has 0 aromatic heterocycles. The van der Waals surface area contributed by atoms with Gasteiger partial charge in [0.2, 0.25) is 0 Å². The van der Waals surface area contributed by atoms with E-state index in [9.17, 15) is 0 Å². The summed E-state index contributed by atoms with van der Waals surface area (Å²) in [7, 11) is 0. The van der Waals surface area contributed by atoms with Crippen molar-refractivity contribution in [3.05, 3.63) is 11.6 Å². The predicted octanol–water partition coefficient (Wildman–Crippen LogP) is 4.90. The topological polar surface area (TPSA) is 0 Å². The monoisotopic (exact) mass is 214 g/mol. The van der Waals surface area contributed by atoms with Gasteiger partial charge in [-0.3, -0.25) is 0 Å². The molecule has 0 bridgehead atoms. The maximum atomic E-state index is 2.39. The lowest BCUT2D eigenvalue weighted by molar-refractivity contribution is 0.419. The van der Waals surface area contributed by atoms with Gasteiger partial charge in [-0.05, 0) is 18.8 Å². The number of hydrogen-bond acceptors (Lipinski definition) is 1. The van der Waals surface area contributed by atoms with E-state index >= 15 is 0 Å². The molecule has 0 amide bonds. The second-order valence-electron chi connectivity index (χ2n) is 6.22. The van der Waals surface area contributed by atoms with Crippen molar-refractivity contribution in [3.63, 3.8) is 0 Å². The Morgan fingerprint density at radius 1 is 1.07 bits per heavy atom. The van der Waals surface area contributed by atoms with Gasteiger partial charge in [-0.2, -0.15) is 11.8 Å². The average molecular weight is 214 g/mol. The Kier molecular flexibility index (Phi) is 5.28. The molecule has 0 saturated carbocycles.